The largest absolute Gasteiger partial charge is 0.286 e. The molecule has 1 saturated heterocycles. The van der Waals surface area contributed by atoms with Gasteiger partial charge in [-0.25, -0.2) is 9.82 Å². The summed E-state index contributed by atoms with van der Waals surface area (Å²) in [4.78, 5) is 16.5. The van der Waals surface area contributed by atoms with E-state index in [9.17, 15) is 9.18 Å². The van der Waals surface area contributed by atoms with Gasteiger partial charge in [-0.1, -0.05) is 6.07 Å². The number of amides is 1. The predicted octanol–water partition coefficient (Wildman–Crippen LogP) is 2.20. The highest BCUT2D eigenvalue weighted by Gasteiger charge is 2.26. The second-order valence-corrected chi connectivity index (χ2v) is 5.55. The van der Waals surface area contributed by atoms with E-state index in [4.69, 9.17) is 0 Å². The van der Waals surface area contributed by atoms with Gasteiger partial charge in [0.2, 0.25) is 0 Å². The number of nitrogens with one attached hydrogen (secondary N) is 1. The fourth-order valence-corrected chi connectivity index (χ4v) is 2.92. The highest BCUT2D eigenvalue weighted by atomic mass is 32.2. The number of aliphatic imine (C=N–C) groups is 1. The quantitative estimate of drug-likeness (QED) is 0.805. The molecule has 2 aliphatic heterocycles. The van der Waals surface area contributed by atoms with Crippen molar-refractivity contribution in [1.29, 1.82) is 0 Å². The van der Waals surface area contributed by atoms with Crippen molar-refractivity contribution in [3.05, 3.63) is 40.6 Å². The van der Waals surface area contributed by atoms with Crippen molar-refractivity contribution >= 4 is 28.9 Å². The first-order chi connectivity index (χ1) is 9.72. The Morgan fingerprint density at radius 1 is 1.45 bits per heavy atom. The van der Waals surface area contributed by atoms with Crippen LogP contribution in [0.15, 0.2) is 28.1 Å². The van der Waals surface area contributed by atoms with E-state index in [0.717, 1.165) is 25.9 Å². The van der Waals surface area contributed by atoms with Crippen molar-refractivity contribution in [2.75, 3.05) is 13.1 Å². The molecule has 1 radical (unpaired) electrons. The van der Waals surface area contributed by atoms with Gasteiger partial charge in [-0.2, -0.15) is 4.99 Å². The van der Waals surface area contributed by atoms with Crippen LogP contribution in [0.2, 0.25) is 0 Å². The summed E-state index contributed by atoms with van der Waals surface area (Å²) in [6.07, 6.45) is 3.91. The third-order valence-electron chi connectivity index (χ3n) is 3.04. The zero-order valence-corrected chi connectivity index (χ0v) is 11.5. The zero-order valence-electron chi connectivity index (χ0n) is 10.7. The number of halogens is 1. The Morgan fingerprint density at radius 2 is 2.35 bits per heavy atom. The van der Waals surface area contributed by atoms with Crippen LogP contribution in [0, 0.1) is 11.9 Å². The Kier molecular flexibility index (Phi) is 3.84. The molecule has 1 N–H and O–H groups in total. The van der Waals surface area contributed by atoms with Crippen LogP contribution in [0.4, 0.5) is 4.39 Å². The van der Waals surface area contributed by atoms with Crippen LogP contribution in [-0.4, -0.2) is 29.2 Å². The molecule has 0 atom stereocenters. The van der Waals surface area contributed by atoms with Crippen molar-refractivity contribution in [2.24, 2.45) is 4.99 Å². The second kappa shape index (κ2) is 5.76. The first kappa shape index (κ1) is 13.3. The molecule has 0 aliphatic carbocycles. The highest BCUT2D eigenvalue weighted by Crippen LogP contribution is 2.30. The Labute approximate surface area is 120 Å². The molecule has 2 aliphatic rings. The van der Waals surface area contributed by atoms with E-state index in [1.54, 1.807) is 12.1 Å². The molecule has 103 valence electrons. The topological polar surface area (TPSA) is 44.7 Å². The van der Waals surface area contributed by atoms with Gasteiger partial charge in [0.1, 0.15) is 5.82 Å². The lowest BCUT2D eigenvalue weighted by Crippen LogP contribution is -2.45. The van der Waals surface area contributed by atoms with E-state index in [-0.39, 0.29) is 11.7 Å². The van der Waals surface area contributed by atoms with Crippen LogP contribution in [0.5, 0.6) is 0 Å². The summed E-state index contributed by atoms with van der Waals surface area (Å²) >= 11 is 1.34. The van der Waals surface area contributed by atoms with Gasteiger partial charge in [-0.3, -0.25) is 9.80 Å². The van der Waals surface area contributed by atoms with E-state index in [0.29, 0.717) is 15.6 Å². The molecule has 0 bridgehead atoms. The summed E-state index contributed by atoms with van der Waals surface area (Å²) in [5, 5.41) is 2.60. The lowest BCUT2D eigenvalue weighted by atomic mass is 10.2. The number of hydrogen-bond acceptors (Lipinski definition) is 4. The third kappa shape index (κ3) is 2.91. The number of amidine groups is 1. The van der Waals surface area contributed by atoms with Crippen LogP contribution in [0.1, 0.15) is 18.4 Å². The Morgan fingerprint density at radius 3 is 3.05 bits per heavy atom. The minimum atomic E-state index is -0.341. The SMILES string of the molecule is O=C1N=C(N2CCCCN2)S/C1=C/c1[c]cc(F)cc1. The van der Waals surface area contributed by atoms with Gasteiger partial charge >= 0.3 is 0 Å². The summed E-state index contributed by atoms with van der Waals surface area (Å²) in [6, 6.07) is 6.97. The molecule has 2 heterocycles. The summed E-state index contributed by atoms with van der Waals surface area (Å²) in [6.45, 7) is 1.76. The van der Waals surface area contributed by atoms with Crippen LogP contribution in [0.25, 0.3) is 6.08 Å². The molecule has 0 saturated carbocycles. The van der Waals surface area contributed by atoms with E-state index in [2.05, 4.69) is 16.5 Å². The standard InChI is InChI=1S/C14H13FN3OS/c15-11-5-3-10(4-6-11)9-12-13(19)17-14(20-12)18-8-2-1-7-16-18/h3,5-6,9,16H,1-2,7-8H2/b12-9+. The molecule has 1 aromatic rings. The van der Waals surface area contributed by atoms with E-state index in [1.165, 1.54) is 23.9 Å². The number of thioether (sulfide) groups is 1. The van der Waals surface area contributed by atoms with Crippen LogP contribution in [0.3, 0.4) is 0 Å². The fourth-order valence-electron chi connectivity index (χ4n) is 2.01. The first-order valence-corrected chi connectivity index (χ1v) is 7.25. The van der Waals surface area contributed by atoms with Gasteiger partial charge < -0.3 is 0 Å². The van der Waals surface area contributed by atoms with Crippen molar-refractivity contribution in [2.45, 2.75) is 12.8 Å². The van der Waals surface area contributed by atoms with Crippen LogP contribution >= 0.6 is 11.8 Å². The normalized spacial score (nSPS) is 21.4. The average Bonchev–Trinajstić information content (AvgIpc) is 2.84. The summed E-state index contributed by atoms with van der Waals surface area (Å²) in [5.74, 6) is -0.595. The minimum Gasteiger partial charge on any atom is -0.286 e. The Balaban J connectivity index is 1.74. The van der Waals surface area contributed by atoms with Gasteiger partial charge in [0.15, 0.2) is 5.17 Å². The summed E-state index contributed by atoms with van der Waals surface area (Å²) < 4.78 is 12.8. The first-order valence-electron chi connectivity index (χ1n) is 6.43. The summed E-state index contributed by atoms with van der Waals surface area (Å²) in [7, 11) is 0. The monoisotopic (exact) mass is 290 g/mol. The molecule has 1 amide bonds. The smallest absolute Gasteiger partial charge is 0.286 e. The lowest BCUT2D eigenvalue weighted by Gasteiger charge is -2.28. The highest BCUT2D eigenvalue weighted by molar-refractivity contribution is 8.18. The third-order valence-corrected chi connectivity index (χ3v) is 4.04. The average molecular weight is 290 g/mol. The molecule has 6 heteroatoms. The van der Waals surface area contributed by atoms with Crippen molar-refractivity contribution in [3.8, 4) is 0 Å². The van der Waals surface area contributed by atoms with Gasteiger partial charge in [-0.15, -0.1) is 0 Å². The molecule has 20 heavy (non-hydrogen) atoms. The second-order valence-electron chi connectivity index (χ2n) is 4.54. The maximum absolute atomic E-state index is 12.8. The number of carbonyl (C=O) groups is 1. The van der Waals surface area contributed by atoms with Crippen molar-refractivity contribution < 1.29 is 9.18 Å². The lowest BCUT2D eigenvalue weighted by molar-refractivity contribution is -0.113. The Hall–Kier alpha value is -1.66. The van der Waals surface area contributed by atoms with E-state index < -0.39 is 0 Å². The molecule has 0 unspecified atom stereocenters. The molecular formula is C14H13FN3OS. The van der Waals surface area contributed by atoms with Crippen LogP contribution < -0.4 is 5.43 Å². The molecule has 4 nitrogen and oxygen atoms in total. The van der Waals surface area contributed by atoms with Crippen LogP contribution in [-0.2, 0) is 4.79 Å². The maximum atomic E-state index is 12.8. The fraction of sp³-hybridized carbons (Fsp3) is 0.286. The molecular weight excluding hydrogens is 277 g/mol. The molecule has 0 aromatic heterocycles. The van der Waals surface area contributed by atoms with E-state index in [1.807, 2.05) is 5.01 Å². The Bertz CT molecular complexity index is 577. The van der Waals surface area contributed by atoms with Gasteiger partial charge in [0.25, 0.3) is 5.91 Å². The number of nitrogens with zero attached hydrogens (tertiary/aromatic N) is 2. The number of hydrogen-bond donors (Lipinski definition) is 1. The predicted molar refractivity (Wildman–Crippen MR) is 77.2 cm³/mol. The molecule has 0 spiro atoms. The zero-order chi connectivity index (χ0) is 13.9. The van der Waals surface area contributed by atoms with Gasteiger partial charge in [0, 0.05) is 13.1 Å². The van der Waals surface area contributed by atoms with Crippen molar-refractivity contribution in [3.63, 3.8) is 0 Å². The number of carbonyl (C=O) groups excluding carboxylic acids is 1. The van der Waals surface area contributed by atoms with Gasteiger partial charge in [0.05, 0.1) is 4.91 Å². The molecule has 1 fully saturated rings. The molecule has 1 aromatic carbocycles. The summed E-state index contributed by atoms with van der Waals surface area (Å²) in [5.41, 5.74) is 3.89. The van der Waals surface area contributed by atoms with Crippen molar-refractivity contribution in [1.82, 2.24) is 10.4 Å². The maximum Gasteiger partial charge on any atom is 0.286 e. The number of hydrazine groups is 1. The van der Waals surface area contributed by atoms with Gasteiger partial charge in [-0.05, 0) is 54.4 Å². The van der Waals surface area contributed by atoms with E-state index >= 15 is 0 Å². The molecule has 3 rings (SSSR count). The minimum absolute atomic E-state index is 0.255. The number of rotatable bonds is 1. The number of benzene rings is 1.